The van der Waals surface area contributed by atoms with Crippen molar-refractivity contribution in [3.05, 3.63) is 28.9 Å². The zero-order chi connectivity index (χ0) is 17.8. The Bertz CT molecular complexity index is 824. The van der Waals surface area contributed by atoms with Crippen LogP contribution in [0.3, 0.4) is 0 Å². The Labute approximate surface area is 151 Å². The fourth-order valence-corrected chi connectivity index (χ4v) is 5.40. The third-order valence-corrected chi connectivity index (χ3v) is 7.05. The van der Waals surface area contributed by atoms with Crippen LogP contribution < -0.4 is 10.1 Å². The standard InChI is InChI=1S/C19H23FN2O2S/c1-19(2)17(11-6-8-22(19)9-7-11)21-18(23)14-10-12-4-5-13(24-3)15(20)16(12)25-14/h4-5,10-11,17H,6-9H2,1-3H3,(H,21,23)/t17-/m0/s1. The van der Waals surface area contributed by atoms with E-state index < -0.39 is 5.82 Å². The highest BCUT2D eigenvalue weighted by molar-refractivity contribution is 7.20. The summed E-state index contributed by atoms with van der Waals surface area (Å²) in [6.07, 6.45) is 2.26. The van der Waals surface area contributed by atoms with Gasteiger partial charge in [-0.15, -0.1) is 11.3 Å². The normalized spacial score (nSPS) is 27.4. The number of rotatable bonds is 3. The van der Waals surface area contributed by atoms with Crippen LogP contribution in [0, 0.1) is 11.7 Å². The highest BCUT2D eigenvalue weighted by atomic mass is 32.1. The number of benzene rings is 1. The lowest BCUT2D eigenvalue weighted by Crippen LogP contribution is -2.69. The molecule has 3 saturated heterocycles. The van der Waals surface area contributed by atoms with Gasteiger partial charge in [0.25, 0.3) is 5.91 Å². The number of hydrogen-bond donors (Lipinski definition) is 1. The second kappa shape index (κ2) is 5.95. The van der Waals surface area contributed by atoms with Crippen LogP contribution in [0.1, 0.15) is 36.4 Å². The summed E-state index contributed by atoms with van der Waals surface area (Å²) in [6, 6.07) is 5.30. The van der Waals surface area contributed by atoms with Gasteiger partial charge in [0.15, 0.2) is 11.6 Å². The van der Waals surface area contributed by atoms with Crippen molar-refractivity contribution in [2.75, 3.05) is 20.2 Å². The van der Waals surface area contributed by atoms with E-state index in [1.165, 1.54) is 18.4 Å². The Hall–Kier alpha value is -1.66. The van der Waals surface area contributed by atoms with Crippen molar-refractivity contribution in [3.8, 4) is 5.75 Å². The van der Waals surface area contributed by atoms with Crippen molar-refractivity contribution in [1.29, 1.82) is 0 Å². The summed E-state index contributed by atoms with van der Waals surface area (Å²) >= 11 is 1.19. The molecule has 1 aromatic heterocycles. The molecule has 6 heteroatoms. The Balaban J connectivity index is 1.61. The number of amides is 1. The van der Waals surface area contributed by atoms with Gasteiger partial charge in [0, 0.05) is 11.6 Å². The number of fused-ring (bicyclic) bond motifs is 4. The number of hydrogen-bond acceptors (Lipinski definition) is 4. The summed E-state index contributed by atoms with van der Waals surface area (Å²) in [5, 5.41) is 3.98. The molecule has 4 nitrogen and oxygen atoms in total. The van der Waals surface area contributed by atoms with Crippen LogP contribution in [0.15, 0.2) is 18.2 Å². The van der Waals surface area contributed by atoms with Crippen molar-refractivity contribution in [3.63, 3.8) is 0 Å². The van der Waals surface area contributed by atoms with E-state index in [9.17, 15) is 9.18 Å². The smallest absolute Gasteiger partial charge is 0.261 e. The summed E-state index contributed by atoms with van der Waals surface area (Å²) in [7, 11) is 1.45. The van der Waals surface area contributed by atoms with Gasteiger partial charge >= 0.3 is 0 Å². The van der Waals surface area contributed by atoms with Crippen molar-refractivity contribution < 1.29 is 13.9 Å². The van der Waals surface area contributed by atoms with E-state index in [2.05, 4.69) is 24.1 Å². The lowest BCUT2D eigenvalue weighted by atomic mass is 9.72. The van der Waals surface area contributed by atoms with Crippen LogP contribution in [-0.4, -0.2) is 42.6 Å². The van der Waals surface area contributed by atoms with E-state index >= 15 is 0 Å². The molecule has 2 bridgehead atoms. The van der Waals surface area contributed by atoms with Crippen molar-refractivity contribution in [2.24, 2.45) is 5.92 Å². The molecule has 3 fully saturated rings. The number of methoxy groups -OCH3 is 1. The number of halogens is 1. The average Bonchev–Trinajstić information content (AvgIpc) is 3.04. The minimum absolute atomic E-state index is 0.0397. The van der Waals surface area contributed by atoms with Crippen LogP contribution in [0.25, 0.3) is 10.1 Å². The first-order valence-corrected chi connectivity index (χ1v) is 9.55. The molecule has 0 saturated carbocycles. The number of carbonyl (C=O) groups is 1. The molecule has 2 aromatic rings. The van der Waals surface area contributed by atoms with Crippen molar-refractivity contribution in [1.82, 2.24) is 10.2 Å². The van der Waals surface area contributed by atoms with Gasteiger partial charge < -0.3 is 10.1 Å². The zero-order valence-corrected chi connectivity index (χ0v) is 15.6. The fraction of sp³-hybridized carbons (Fsp3) is 0.526. The van der Waals surface area contributed by atoms with E-state index in [1.807, 2.05) is 0 Å². The number of nitrogens with one attached hydrogen (secondary N) is 1. The number of thiophene rings is 1. The average molecular weight is 362 g/mol. The van der Waals surface area contributed by atoms with Gasteiger partial charge in [-0.1, -0.05) is 0 Å². The van der Waals surface area contributed by atoms with Crippen molar-refractivity contribution in [2.45, 2.75) is 38.3 Å². The monoisotopic (exact) mass is 362 g/mol. The number of ether oxygens (including phenoxy) is 1. The van der Waals surface area contributed by atoms with Crippen LogP contribution in [0.4, 0.5) is 4.39 Å². The molecule has 3 aliphatic heterocycles. The Morgan fingerprint density at radius 1 is 1.36 bits per heavy atom. The molecule has 1 aromatic carbocycles. The number of nitrogens with zero attached hydrogens (tertiary/aromatic N) is 1. The van der Waals surface area contributed by atoms with Gasteiger partial charge in [-0.05, 0) is 69.3 Å². The molecule has 1 amide bonds. The third kappa shape index (κ3) is 2.62. The van der Waals surface area contributed by atoms with Crippen LogP contribution in [0.5, 0.6) is 5.75 Å². The van der Waals surface area contributed by atoms with Crippen LogP contribution in [-0.2, 0) is 0 Å². The molecule has 4 heterocycles. The molecule has 0 unspecified atom stereocenters. The number of piperidine rings is 3. The highest BCUT2D eigenvalue weighted by Gasteiger charge is 2.48. The van der Waals surface area contributed by atoms with E-state index in [0.717, 1.165) is 31.3 Å². The summed E-state index contributed by atoms with van der Waals surface area (Å²) in [5.74, 6) is 0.230. The summed E-state index contributed by atoms with van der Waals surface area (Å²) in [5.41, 5.74) is -0.0397. The molecule has 3 aliphatic rings. The molecule has 0 aliphatic carbocycles. The maximum atomic E-state index is 14.4. The third-order valence-electron chi connectivity index (χ3n) is 5.91. The summed E-state index contributed by atoms with van der Waals surface area (Å²) < 4.78 is 19.9. The quantitative estimate of drug-likeness (QED) is 0.906. The predicted molar refractivity (Wildman–Crippen MR) is 98.0 cm³/mol. The predicted octanol–water partition coefficient (Wildman–Crippen LogP) is 3.65. The van der Waals surface area contributed by atoms with Gasteiger partial charge in [0.2, 0.25) is 0 Å². The SMILES string of the molecule is COc1ccc2cc(C(=O)N[C@H]3C4CCN(CC4)C3(C)C)sc2c1F. The second-order valence-electron chi connectivity index (χ2n) is 7.54. The van der Waals surface area contributed by atoms with E-state index in [-0.39, 0.29) is 23.2 Å². The van der Waals surface area contributed by atoms with Crippen LogP contribution >= 0.6 is 11.3 Å². The largest absolute Gasteiger partial charge is 0.494 e. The highest BCUT2D eigenvalue weighted by Crippen LogP contribution is 2.39. The molecule has 0 spiro atoms. The minimum Gasteiger partial charge on any atom is -0.494 e. The lowest BCUT2D eigenvalue weighted by molar-refractivity contribution is -0.0377. The van der Waals surface area contributed by atoms with E-state index in [1.54, 1.807) is 18.2 Å². The first kappa shape index (κ1) is 16.8. The lowest BCUT2D eigenvalue weighted by Gasteiger charge is -2.56. The maximum absolute atomic E-state index is 14.4. The molecular weight excluding hydrogens is 339 g/mol. The minimum atomic E-state index is -0.396. The zero-order valence-electron chi connectivity index (χ0n) is 14.8. The summed E-state index contributed by atoms with van der Waals surface area (Å²) in [6.45, 7) is 6.63. The fourth-order valence-electron chi connectivity index (χ4n) is 4.41. The maximum Gasteiger partial charge on any atom is 0.261 e. The molecule has 1 atom stereocenters. The second-order valence-corrected chi connectivity index (χ2v) is 8.59. The van der Waals surface area contributed by atoms with Gasteiger partial charge in [-0.3, -0.25) is 9.69 Å². The van der Waals surface area contributed by atoms with Gasteiger partial charge in [0.1, 0.15) is 0 Å². The number of carbonyl (C=O) groups excluding carboxylic acids is 1. The van der Waals surface area contributed by atoms with Crippen LogP contribution in [0.2, 0.25) is 0 Å². The Morgan fingerprint density at radius 3 is 2.72 bits per heavy atom. The molecule has 25 heavy (non-hydrogen) atoms. The molecule has 0 radical (unpaired) electrons. The molecule has 134 valence electrons. The first-order chi connectivity index (χ1) is 11.9. The Kier molecular flexibility index (Phi) is 4.00. The van der Waals surface area contributed by atoms with Crippen molar-refractivity contribution >= 4 is 27.3 Å². The van der Waals surface area contributed by atoms with Gasteiger partial charge in [-0.2, -0.15) is 0 Å². The first-order valence-electron chi connectivity index (χ1n) is 8.74. The summed E-state index contributed by atoms with van der Waals surface area (Å²) in [4.78, 5) is 15.9. The Morgan fingerprint density at radius 2 is 2.08 bits per heavy atom. The molecular formula is C19H23FN2O2S. The van der Waals surface area contributed by atoms with E-state index in [0.29, 0.717) is 15.5 Å². The van der Waals surface area contributed by atoms with Gasteiger partial charge in [0.05, 0.1) is 16.7 Å². The van der Waals surface area contributed by atoms with Gasteiger partial charge in [-0.25, -0.2) is 4.39 Å². The molecule has 1 N–H and O–H groups in total. The molecule has 5 rings (SSSR count). The van der Waals surface area contributed by atoms with E-state index in [4.69, 9.17) is 4.74 Å². The topological polar surface area (TPSA) is 41.6 Å².